The van der Waals surface area contributed by atoms with Gasteiger partial charge in [0.05, 0.1) is 0 Å². The van der Waals surface area contributed by atoms with Crippen LogP contribution in [-0.4, -0.2) is 62.0 Å². The van der Waals surface area contributed by atoms with Crippen molar-refractivity contribution in [1.82, 2.24) is 10.2 Å². The normalized spacial score (nSPS) is 19.7. The second-order valence-electron chi connectivity index (χ2n) is 7.31. The zero-order chi connectivity index (χ0) is 19.1. The van der Waals surface area contributed by atoms with Crippen LogP contribution in [0.1, 0.15) is 43.6 Å². The molecule has 0 aromatic heterocycles. The molecule has 0 aliphatic carbocycles. The van der Waals surface area contributed by atoms with Gasteiger partial charge < -0.3 is 15.1 Å². The predicted molar refractivity (Wildman–Crippen MR) is 116 cm³/mol. The van der Waals surface area contributed by atoms with Gasteiger partial charge in [0.15, 0.2) is 5.96 Å². The van der Waals surface area contributed by atoms with Gasteiger partial charge in [-0.05, 0) is 49.3 Å². The Bertz CT molecular complexity index is 663. The highest BCUT2D eigenvalue weighted by Crippen LogP contribution is 2.38. The van der Waals surface area contributed by atoms with Gasteiger partial charge in [-0.25, -0.2) is 0 Å². The number of amides is 1. The molecule has 27 heavy (non-hydrogen) atoms. The molecular weight excluding hydrogens is 356 g/mol. The molecule has 0 radical (unpaired) electrons. The van der Waals surface area contributed by atoms with Crippen LogP contribution in [0, 0.1) is 0 Å². The topological polar surface area (TPSA) is 47.9 Å². The Labute approximate surface area is 167 Å². The zero-order valence-corrected chi connectivity index (χ0v) is 17.4. The molecule has 1 aromatic rings. The maximum atomic E-state index is 11.9. The summed E-state index contributed by atoms with van der Waals surface area (Å²) in [6.07, 6.45) is 7.30. The van der Waals surface area contributed by atoms with Gasteiger partial charge in [-0.1, -0.05) is 18.2 Å². The summed E-state index contributed by atoms with van der Waals surface area (Å²) in [7, 11) is 1.86. The van der Waals surface area contributed by atoms with Crippen LogP contribution in [0.25, 0.3) is 0 Å². The Morgan fingerprint density at radius 3 is 2.93 bits per heavy atom. The molecule has 148 valence electrons. The molecular formula is C21H32N4OS. The number of likely N-dealkylation sites (tertiary alicyclic amines) is 1. The number of aliphatic imine (C=N–C) groups is 1. The standard InChI is InChI=1S/C21H32N4OS/c1-22-21(23-12-5-6-15-27-2)25-16-17(18-8-3-4-9-19(18)25)11-14-24-13-7-10-20(24)26/h3-4,8-9,17H,5-7,10-16H2,1-2H3,(H,22,23). The van der Waals surface area contributed by atoms with Crippen molar-refractivity contribution >= 4 is 29.3 Å². The summed E-state index contributed by atoms with van der Waals surface area (Å²) in [6, 6.07) is 8.65. The van der Waals surface area contributed by atoms with E-state index < -0.39 is 0 Å². The van der Waals surface area contributed by atoms with Crippen LogP contribution in [0.15, 0.2) is 29.3 Å². The lowest BCUT2D eigenvalue weighted by molar-refractivity contribution is -0.127. The molecule has 1 saturated heterocycles. The molecule has 3 rings (SSSR count). The summed E-state index contributed by atoms with van der Waals surface area (Å²) in [5.41, 5.74) is 2.64. The zero-order valence-electron chi connectivity index (χ0n) is 16.6. The van der Waals surface area contributed by atoms with Crippen molar-refractivity contribution in [3.05, 3.63) is 29.8 Å². The number of carbonyl (C=O) groups excluding carboxylic acids is 1. The van der Waals surface area contributed by atoms with Crippen LogP contribution < -0.4 is 10.2 Å². The highest BCUT2D eigenvalue weighted by molar-refractivity contribution is 7.98. The van der Waals surface area contributed by atoms with Crippen molar-refractivity contribution in [3.8, 4) is 0 Å². The molecule has 1 fully saturated rings. The molecule has 1 atom stereocenters. The number of benzene rings is 1. The van der Waals surface area contributed by atoms with E-state index in [9.17, 15) is 4.79 Å². The van der Waals surface area contributed by atoms with Crippen molar-refractivity contribution in [1.29, 1.82) is 0 Å². The van der Waals surface area contributed by atoms with Crippen molar-refractivity contribution < 1.29 is 4.79 Å². The van der Waals surface area contributed by atoms with E-state index in [0.717, 1.165) is 57.8 Å². The average Bonchev–Trinajstić information content (AvgIpc) is 3.27. The molecule has 2 aliphatic rings. The Morgan fingerprint density at radius 2 is 2.19 bits per heavy atom. The van der Waals surface area contributed by atoms with Crippen LogP contribution >= 0.6 is 11.8 Å². The fraction of sp³-hybridized carbons (Fsp3) is 0.619. The Morgan fingerprint density at radius 1 is 1.33 bits per heavy atom. The lowest BCUT2D eigenvalue weighted by Gasteiger charge is -2.23. The van der Waals surface area contributed by atoms with E-state index >= 15 is 0 Å². The fourth-order valence-electron chi connectivity index (χ4n) is 4.06. The van der Waals surface area contributed by atoms with Gasteiger partial charge in [0, 0.05) is 51.3 Å². The first-order chi connectivity index (χ1) is 13.2. The quantitative estimate of drug-likeness (QED) is 0.422. The summed E-state index contributed by atoms with van der Waals surface area (Å²) >= 11 is 1.90. The lowest BCUT2D eigenvalue weighted by atomic mass is 9.98. The van der Waals surface area contributed by atoms with Gasteiger partial charge >= 0.3 is 0 Å². The first kappa shape index (κ1) is 20.1. The number of hydrogen-bond donors (Lipinski definition) is 1. The van der Waals surface area contributed by atoms with Crippen LogP contribution in [0.3, 0.4) is 0 Å². The minimum atomic E-state index is 0.320. The van der Waals surface area contributed by atoms with E-state index in [-0.39, 0.29) is 0 Å². The van der Waals surface area contributed by atoms with Gasteiger partial charge in [0.1, 0.15) is 0 Å². The maximum Gasteiger partial charge on any atom is 0.222 e. The maximum absolute atomic E-state index is 11.9. The molecule has 0 spiro atoms. The predicted octanol–water partition coefficient (Wildman–Crippen LogP) is 3.32. The van der Waals surface area contributed by atoms with E-state index in [1.807, 2.05) is 23.7 Å². The first-order valence-corrected chi connectivity index (χ1v) is 11.5. The largest absolute Gasteiger partial charge is 0.356 e. The monoisotopic (exact) mass is 388 g/mol. The van der Waals surface area contributed by atoms with Crippen LogP contribution in [0.2, 0.25) is 0 Å². The average molecular weight is 389 g/mol. The van der Waals surface area contributed by atoms with Crippen molar-refractivity contribution in [2.24, 2.45) is 4.99 Å². The minimum absolute atomic E-state index is 0.320. The smallest absolute Gasteiger partial charge is 0.222 e. The van der Waals surface area contributed by atoms with E-state index in [4.69, 9.17) is 0 Å². The van der Waals surface area contributed by atoms with E-state index in [2.05, 4.69) is 45.7 Å². The van der Waals surface area contributed by atoms with Gasteiger partial charge in [-0.15, -0.1) is 0 Å². The summed E-state index contributed by atoms with van der Waals surface area (Å²) in [6.45, 7) is 3.69. The highest BCUT2D eigenvalue weighted by Gasteiger charge is 2.31. The Hall–Kier alpha value is -1.69. The SMILES string of the molecule is CN=C(NCCCCSC)N1CC(CCN2CCCC2=O)c2ccccc21. The number of nitrogens with one attached hydrogen (secondary N) is 1. The minimum Gasteiger partial charge on any atom is -0.356 e. The van der Waals surface area contributed by atoms with Crippen molar-refractivity contribution in [3.63, 3.8) is 0 Å². The molecule has 1 unspecified atom stereocenters. The lowest BCUT2D eigenvalue weighted by Crippen LogP contribution is -2.41. The number of para-hydroxylation sites is 1. The van der Waals surface area contributed by atoms with Gasteiger partial charge in [-0.3, -0.25) is 9.79 Å². The summed E-state index contributed by atoms with van der Waals surface area (Å²) in [5.74, 6) is 2.95. The van der Waals surface area contributed by atoms with Gasteiger partial charge in [0.25, 0.3) is 0 Å². The summed E-state index contributed by atoms with van der Waals surface area (Å²) < 4.78 is 0. The Balaban J connectivity index is 1.61. The highest BCUT2D eigenvalue weighted by atomic mass is 32.2. The van der Waals surface area contributed by atoms with Gasteiger partial charge in [0.2, 0.25) is 5.91 Å². The third-order valence-corrected chi connectivity index (χ3v) is 6.21. The van der Waals surface area contributed by atoms with Crippen molar-refractivity contribution in [2.45, 2.75) is 38.0 Å². The number of carbonyl (C=O) groups is 1. The first-order valence-electron chi connectivity index (χ1n) is 10.1. The third kappa shape index (κ3) is 4.98. The number of hydrogen-bond acceptors (Lipinski definition) is 3. The second-order valence-corrected chi connectivity index (χ2v) is 8.30. The fourth-order valence-corrected chi connectivity index (χ4v) is 4.55. The second kappa shape index (κ2) is 10.0. The molecule has 0 saturated carbocycles. The summed E-state index contributed by atoms with van der Waals surface area (Å²) in [4.78, 5) is 20.8. The van der Waals surface area contributed by atoms with Crippen molar-refractivity contribution in [2.75, 3.05) is 50.1 Å². The number of nitrogens with zero attached hydrogens (tertiary/aromatic N) is 3. The summed E-state index contributed by atoms with van der Waals surface area (Å²) in [5, 5.41) is 3.54. The molecule has 0 bridgehead atoms. The third-order valence-electron chi connectivity index (χ3n) is 5.52. The molecule has 2 aliphatic heterocycles. The molecule has 5 nitrogen and oxygen atoms in total. The molecule has 2 heterocycles. The molecule has 1 amide bonds. The number of guanidine groups is 1. The number of thioether (sulfide) groups is 1. The van der Waals surface area contributed by atoms with Crippen LogP contribution in [0.5, 0.6) is 0 Å². The number of unbranched alkanes of at least 4 members (excludes halogenated alkanes) is 1. The molecule has 6 heteroatoms. The number of rotatable bonds is 8. The molecule has 1 N–H and O–H groups in total. The number of fused-ring (bicyclic) bond motifs is 1. The van der Waals surface area contributed by atoms with E-state index in [0.29, 0.717) is 11.8 Å². The van der Waals surface area contributed by atoms with Crippen LogP contribution in [-0.2, 0) is 4.79 Å². The molecule has 1 aromatic carbocycles. The van der Waals surface area contributed by atoms with Gasteiger partial charge in [-0.2, -0.15) is 11.8 Å². The Kier molecular flexibility index (Phi) is 7.44. The van der Waals surface area contributed by atoms with Crippen LogP contribution in [0.4, 0.5) is 5.69 Å². The van der Waals surface area contributed by atoms with E-state index in [1.54, 1.807) is 0 Å². The number of anilines is 1. The van der Waals surface area contributed by atoms with E-state index in [1.165, 1.54) is 23.4 Å².